The molecule has 9 heteroatoms. The number of nitrogens with zero attached hydrogens (tertiary/aromatic N) is 5. The van der Waals surface area contributed by atoms with Crippen molar-refractivity contribution >= 4 is 44.8 Å². The Hall–Kier alpha value is -3.15. The second kappa shape index (κ2) is 6.63. The Bertz CT molecular complexity index is 1130. The average molecular weight is 383 g/mol. The molecule has 0 aliphatic rings. The second-order valence-electron chi connectivity index (χ2n) is 5.17. The number of nitriles is 1. The van der Waals surface area contributed by atoms with Crippen LogP contribution in [0.15, 0.2) is 43.0 Å². The SMILES string of the molecule is N#Cc1cc(F)c(-c2nc3ccnc(Nc4ccncn4)c3s2)c(Cl)c1. The maximum Gasteiger partial charge on any atom is 0.151 e. The third-order valence-corrected chi connectivity index (χ3v) is 4.91. The largest absolute Gasteiger partial charge is 0.324 e. The van der Waals surface area contributed by atoms with Gasteiger partial charge in [-0.15, -0.1) is 11.3 Å². The molecular weight excluding hydrogens is 375 g/mol. The molecular formula is C17H8ClFN6S. The zero-order valence-corrected chi connectivity index (χ0v) is 14.5. The molecule has 4 rings (SSSR count). The molecule has 26 heavy (non-hydrogen) atoms. The summed E-state index contributed by atoms with van der Waals surface area (Å²) in [7, 11) is 0. The number of benzene rings is 1. The van der Waals surface area contributed by atoms with Gasteiger partial charge in [-0.2, -0.15) is 5.26 Å². The Labute approximate surface area is 156 Å². The van der Waals surface area contributed by atoms with Crippen LogP contribution in [0.3, 0.4) is 0 Å². The maximum atomic E-state index is 14.4. The summed E-state index contributed by atoms with van der Waals surface area (Å²) in [5, 5.41) is 12.6. The van der Waals surface area contributed by atoms with Crippen LogP contribution in [0.2, 0.25) is 5.02 Å². The van der Waals surface area contributed by atoms with Crippen molar-refractivity contribution in [3.05, 3.63) is 59.4 Å². The van der Waals surface area contributed by atoms with Gasteiger partial charge in [-0.1, -0.05) is 11.6 Å². The highest BCUT2D eigenvalue weighted by molar-refractivity contribution is 7.22. The van der Waals surface area contributed by atoms with Crippen molar-refractivity contribution in [2.45, 2.75) is 0 Å². The Kier molecular flexibility index (Phi) is 4.16. The number of pyridine rings is 1. The van der Waals surface area contributed by atoms with E-state index in [1.54, 1.807) is 24.5 Å². The van der Waals surface area contributed by atoms with Crippen LogP contribution in [0.25, 0.3) is 20.8 Å². The van der Waals surface area contributed by atoms with E-state index in [-0.39, 0.29) is 16.1 Å². The molecule has 6 nitrogen and oxygen atoms in total. The number of thiazole rings is 1. The highest BCUT2D eigenvalue weighted by Crippen LogP contribution is 2.39. The molecule has 3 heterocycles. The van der Waals surface area contributed by atoms with Gasteiger partial charge in [0, 0.05) is 12.4 Å². The number of fused-ring (bicyclic) bond motifs is 1. The summed E-state index contributed by atoms with van der Waals surface area (Å²) in [4.78, 5) is 16.7. The summed E-state index contributed by atoms with van der Waals surface area (Å²) in [6.45, 7) is 0. The molecule has 126 valence electrons. The third kappa shape index (κ3) is 2.94. The van der Waals surface area contributed by atoms with E-state index >= 15 is 0 Å². The van der Waals surface area contributed by atoms with Gasteiger partial charge in [0.1, 0.15) is 23.0 Å². The minimum atomic E-state index is -0.591. The molecule has 0 aliphatic heterocycles. The standard InChI is InChI=1S/C17H8ClFN6S/c18-10-5-9(7-20)6-11(19)14(10)17-24-12-1-4-22-16(15(12)26-17)25-13-2-3-21-8-23-13/h1-6,8H,(H,21,22,23,25). The van der Waals surface area contributed by atoms with Crippen LogP contribution in [0.5, 0.6) is 0 Å². The van der Waals surface area contributed by atoms with Gasteiger partial charge >= 0.3 is 0 Å². The van der Waals surface area contributed by atoms with Crippen LogP contribution in [0.4, 0.5) is 16.0 Å². The van der Waals surface area contributed by atoms with E-state index in [4.69, 9.17) is 16.9 Å². The van der Waals surface area contributed by atoms with Gasteiger partial charge in [-0.3, -0.25) is 0 Å². The minimum absolute atomic E-state index is 0.138. The van der Waals surface area contributed by atoms with Crippen molar-refractivity contribution in [1.29, 1.82) is 5.26 Å². The zero-order chi connectivity index (χ0) is 18.1. The summed E-state index contributed by atoms with van der Waals surface area (Å²) in [5.41, 5.74) is 0.974. The number of aromatic nitrogens is 4. The zero-order valence-electron chi connectivity index (χ0n) is 12.9. The first-order chi connectivity index (χ1) is 12.7. The number of halogens is 2. The first-order valence-corrected chi connectivity index (χ1v) is 8.53. The lowest BCUT2D eigenvalue weighted by Gasteiger charge is -2.04. The molecule has 3 aromatic heterocycles. The number of rotatable bonds is 3. The summed E-state index contributed by atoms with van der Waals surface area (Å²) >= 11 is 7.42. The first-order valence-electron chi connectivity index (χ1n) is 7.34. The van der Waals surface area contributed by atoms with Crippen LogP contribution in [0.1, 0.15) is 5.56 Å². The van der Waals surface area contributed by atoms with Gasteiger partial charge < -0.3 is 5.32 Å². The fourth-order valence-electron chi connectivity index (χ4n) is 2.38. The van der Waals surface area contributed by atoms with Crippen molar-refractivity contribution in [2.75, 3.05) is 5.32 Å². The van der Waals surface area contributed by atoms with Crippen molar-refractivity contribution in [2.24, 2.45) is 0 Å². The van der Waals surface area contributed by atoms with Gasteiger partial charge in [0.25, 0.3) is 0 Å². The summed E-state index contributed by atoms with van der Waals surface area (Å²) in [6.07, 6.45) is 4.64. The van der Waals surface area contributed by atoms with Gasteiger partial charge in [-0.05, 0) is 24.3 Å². The maximum absolute atomic E-state index is 14.4. The number of anilines is 2. The first kappa shape index (κ1) is 16.3. The molecule has 0 atom stereocenters. The summed E-state index contributed by atoms with van der Waals surface area (Å²) in [6, 6.07) is 7.88. The quantitative estimate of drug-likeness (QED) is 0.559. The van der Waals surface area contributed by atoms with E-state index in [1.165, 1.54) is 23.7 Å². The van der Waals surface area contributed by atoms with Gasteiger partial charge in [0.15, 0.2) is 5.82 Å². The highest BCUT2D eigenvalue weighted by Gasteiger charge is 2.18. The summed E-state index contributed by atoms with van der Waals surface area (Å²) < 4.78 is 15.2. The Balaban J connectivity index is 1.82. The lowest BCUT2D eigenvalue weighted by atomic mass is 10.1. The molecule has 0 radical (unpaired) electrons. The molecule has 0 saturated carbocycles. The predicted molar refractivity (Wildman–Crippen MR) is 97.8 cm³/mol. The van der Waals surface area contributed by atoms with Crippen LogP contribution >= 0.6 is 22.9 Å². The van der Waals surface area contributed by atoms with E-state index in [0.29, 0.717) is 22.2 Å². The number of hydrogen-bond donors (Lipinski definition) is 1. The molecule has 0 aliphatic carbocycles. The number of hydrogen-bond acceptors (Lipinski definition) is 7. The topological polar surface area (TPSA) is 87.4 Å². The van der Waals surface area contributed by atoms with Gasteiger partial charge in [-0.25, -0.2) is 24.3 Å². The molecule has 1 aromatic carbocycles. The van der Waals surface area contributed by atoms with E-state index in [9.17, 15) is 4.39 Å². The van der Waals surface area contributed by atoms with Gasteiger partial charge in [0.2, 0.25) is 0 Å². The Morgan fingerprint density at radius 2 is 2.08 bits per heavy atom. The van der Waals surface area contributed by atoms with Crippen molar-refractivity contribution < 1.29 is 4.39 Å². The highest BCUT2D eigenvalue weighted by atomic mass is 35.5. The van der Waals surface area contributed by atoms with Crippen molar-refractivity contribution in [3.8, 4) is 16.6 Å². The van der Waals surface area contributed by atoms with Crippen LogP contribution < -0.4 is 5.32 Å². The molecule has 0 unspecified atom stereocenters. The molecule has 0 spiro atoms. The predicted octanol–water partition coefficient (Wildman–Crippen LogP) is 4.56. The Morgan fingerprint density at radius 1 is 1.19 bits per heavy atom. The van der Waals surface area contributed by atoms with E-state index < -0.39 is 5.82 Å². The monoisotopic (exact) mass is 382 g/mol. The molecule has 4 aromatic rings. The molecule has 1 N–H and O–H groups in total. The lowest BCUT2D eigenvalue weighted by molar-refractivity contribution is 0.631. The molecule has 0 amide bonds. The van der Waals surface area contributed by atoms with Crippen molar-refractivity contribution in [1.82, 2.24) is 19.9 Å². The van der Waals surface area contributed by atoms with Gasteiger partial charge in [0.05, 0.1) is 32.4 Å². The lowest BCUT2D eigenvalue weighted by Crippen LogP contribution is -1.95. The van der Waals surface area contributed by atoms with Crippen LogP contribution in [0, 0.1) is 17.1 Å². The Morgan fingerprint density at radius 3 is 2.81 bits per heavy atom. The third-order valence-electron chi connectivity index (χ3n) is 3.52. The minimum Gasteiger partial charge on any atom is -0.324 e. The second-order valence-corrected chi connectivity index (χ2v) is 6.58. The van der Waals surface area contributed by atoms with E-state index in [0.717, 1.165) is 10.8 Å². The smallest absolute Gasteiger partial charge is 0.151 e. The van der Waals surface area contributed by atoms with E-state index in [2.05, 4.69) is 25.3 Å². The average Bonchev–Trinajstić information content (AvgIpc) is 3.06. The molecule has 0 bridgehead atoms. The normalized spacial score (nSPS) is 10.7. The van der Waals surface area contributed by atoms with Crippen LogP contribution in [-0.2, 0) is 0 Å². The fourth-order valence-corrected chi connectivity index (χ4v) is 3.80. The number of nitrogens with one attached hydrogen (secondary N) is 1. The molecule has 0 saturated heterocycles. The fraction of sp³-hybridized carbons (Fsp3) is 0. The van der Waals surface area contributed by atoms with Crippen molar-refractivity contribution in [3.63, 3.8) is 0 Å². The van der Waals surface area contributed by atoms with Crippen LogP contribution in [-0.4, -0.2) is 19.9 Å². The molecule has 0 fully saturated rings. The van der Waals surface area contributed by atoms with E-state index in [1.807, 2.05) is 6.07 Å². The summed E-state index contributed by atoms with van der Waals surface area (Å²) in [5.74, 6) is 0.541.